The molecule has 0 unspecified atom stereocenters. The van der Waals surface area contributed by atoms with Gasteiger partial charge in [-0.1, -0.05) is 103 Å². The van der Waals surface area contributed by atoms with E-state index >= 15 is 0 Å². The fourth-order valence-electron chi connectivity index (χ4n) is 2.50. The maximum atomic E-state index is 2.50. The van der Waals surface area contributed by atoms with E-state index in [9.17, 15) is 0 Å². The zero-order valence-corrected chi connectivity index (χ0v) is 13.7. The van der Waals surface area contributed by atoms with Crippen LogP contribution in [0.15, 0.2) is 72.4 Å². The summed E-state index contributed by atoms with van der Waals surface area (Å²) in [4.78, 5) is 0. The summed E-state index contributed by atoms with van der Waals surface area (Å²) in [6.45, 7) is 6.98. The predicted octanol–water partition coefficient (Wildman–Crippen LogP) is 4.02. The van der Waals surface area contributed by atoms with Crippen molar-refractivity contribution in [3.8, 4) is 0 Å². The SMILES string of the molecule is CC(C)C/C=C\[Si](C)(c1ccccc1)c1ccccc1. The molecule has 0 atom stereocenters. The molecule has 0 aliphatic heterocycles. The normalized spacial score (nSPS) is 12.2. The van der Waals surface area contributed by atoms with Gasteiger partial charge in [0.15, 0.2) is 0 Å². The van der Waals surface area contributed by atoms with Gasteiger partial charge in [-0.3, -0.25) is 0 Å². The fraction of sp³-hybridized carbons (Fsp3) is 0.263. The average Bonchev–Trinajstić information content (AvgIpc) is 2.48. The number of benzene rings is 2. The molecule has 0 nitrogen and oxygen atoms in total. The van der Waals surface area contributed by atoms with Crippen LogP contribution in [0.4, 0.5) is 0 Å². The van der Waals surface area contributed by atoms with Gasteiger partial charge in [-0.25, -0.2) is 0 Å². The maximum absolute atomic E-state index is 2.50. The Morgan fingerprint density at radius 1 is 0.850 bits per heavy atom. The number of rotatable bonds is 5. The first-order chi connectivity index (χ1) is 9.63. The Balaban J connectivity index is 2.41. The second-order valence-corrected chi connectivity index (χ2v) is 9.86. The third-order valence-electron chi connectivity index (χ3n) is 3.81. The van der Waals surface area contributed by atoms with Crippen molar-refractivity contribution in [3.05, 3.63) is 72.4 Å². The summed E-state index contributed by atoms with van der Waals surface area (Å²) in [6.07, 6.45) is 3.54. The molecule has 0 aromatic heterocycles. The minimum atomic E-state index is -1.75. The van der Waals surface area contributed by atoms with E-state index < -0.39 is 8.07 Å². The van der Waals surface area contributed by atoms with Crippen LogP contribution < -0.4 is 10.4 Å². The molecule has 20 heavy (non-hydrogen) atoms. The van der Waals surface area contributed by atoms with Crippen LogP contribution >= 0.6 is 0 Å². The van der Waals surface area contributed by atoms with E-state index in [0.29, 0.717) is 0 Å². The highest BCUT2D eigenvalue weighted by Gasteiger charge is 2.28. The minimum Gasteiger partial charge on any atom is -0.0915 e. The van der Waals surface area contributed by atoms with Gasteiger partial charge in [0.05, 0.1) is 0 Å². The fourth-order valence-corrected chi connectivity index (χ4v) is 5.60. The largest absolute Gasteiger partial charge is 0.137 e. The molecule has 0 heterocycles. The van der Waals surface area contributed by atoms with Crippen molar-refractivity contribution in [1.82, 2.24) is 0 Å². The smallest absolute Gasteiger partial charge is 0.0915 e. The van der Waals surface area contributed by atoms with E-state index in [2.05, 4.69) is 92.8 Å². The van der Waals surface area contributed by atoms with Crippen LogP contribution in [-0.2, 0) is 0 Å². The molecule has 0 spiro atoms. The van der Waals surface area contributed by atoms with Gasteiger partial charge >= 0.3 is 0 Å². The average molecular weight is 280 g/mol. The first-order valence-corrected chi connectivity index (χ1v) is 9.99. The lowest BCUT2D eigenvalue weighted by molar-refractivity contribution is 0.664. The summed E-state index contributed by atoms with van der Waals surface area (Å²) < 4.78 is 0. The molecular weight excluding hydrogens is 256 g/mol. The Morgan fingerprint density at radius 2 is 1.30 bits per heavy atom. The van der Waals surface area contributed by atoms with Crippen LogP contribution in [0.5, 0.6) is 0 Å². The van der Waals surface area contributed by atoms with Gasteiger partial charge in [-0.15, -0.1) is 0 Å². The molecule has 2 aromatic rings. The standard InChI is InChI=1S/C19H24Si/c1-17(2)11-10-16-20(3,18-12-6-4-7-13-18)19-14-8-5-9-15-19/h4-10,12-17H,11H2,1-3H3/b16-10-. The molecule has 0 N–H and O–H groups in total. The monoisotopic (exact) mass is 280 g/mol. The van der Waals surface area contributed by atoms with E-state index in [1.54, 1.807) is 0 Å². The Labute approximate surface area is 124 Å². The highest BCUT2D eigenvalue weighted by atomic mass is 28.3. The Kier molecular flexibility index (Phi) is 4.97. The second-order valence-electron chi connectivity index (χ2n) is 5.97. The molecule has 1 heteroatoms. The van der Waals surface area contributed by atoms with Crippen molar-refractivity contribution in [1.29, 1.82) is 0 Å². The first kappa shape index (κ1) is 14.8. The van der Waals surface area contributed by atoms with Crippen molar-refractivity contribution < 1.29 is 0 Å². The van der Waals surface area contributed by atoms with Crippen LogP contribution in [0, 0.1) is 5.92 Å². The highest BCUT2D eigenvalue weighted by molar-refractivity contribution is 7.05. The van der Waals surface area contributed by atoms with E-state index in [4.69, 9.17) is 0 Å². The zero-order chi connectivity index (χ0) is 14.4. The Morgan fingerprint density at radius 3 is 1.70 bits per heavy atom. The van der Waals surface area contributed by atoms with Gasteiger partial charge in [0.2, 0.25) is 0 Å². The van der Waals surface area contributed by atoms with Crippen molar-refractivity contribution in [2.24, 2.45) is 5.92 Å². The van der Waals surface area contributed by atoms with Gasteiger partial charge in [-0.05, 0) is 12.3 Å². The van der Waals surface area contributed by atoms with Crippen molar-refractivity contribution in [2.75, 3.05) is 0 Å². The molecule has 0 amide bonds. The van der Waals surface area contributed by atoms with Gasteiger partial charge in [0.25, 0.3) is 0 Å². The molecule has 0 radical (unpaired) electrons. The summed E-state index contributed by atoms with van der Waals surface area (Å²) in [6, 6.07) is 21.9. The molecule has 2 aromatic carbocycles. The molecule has 0 aliphatic rings. The number of hydrogen-bond donors (Lipinski definition) is 0. The molecule has 0 aliphatic carbocycles. The molecule has 0 bridgehead atoms. The van der Waals surface area contributed by atoms with Gasteiger partial charge in [0.1, 0.15) is 8.07 Å². The van der Waals surface area contributed by atoms with Crippen molar-refractivity contribution in [3.63, 3.8) is 0 Å². The summed E-state index contributed by atoms with van der Waals surface area (Å²) in [7, 11) is -1.75. The Bertz CT molecular complexity index is 501. The minimum absolute atomic E-state index is 0.719. The lowest BCUT2D eigenvalue weighted by Crippen LogP contribution is -2.54. The molecule has 0 saturated heterocycles. The predicted molar refractivity (Wildman–Crippen MR) is 92.4 cm³/mol. The number of hydrogen-bond acceptors (Lipinski definition) is 0. The quantitative estimate of drug-likeness (QED) is 0.726. The lowest BCUT2D eigenvalue weighted by Gasteiger charge is -2.25. The molecule has 0 saturated carbocycles. The molecule has 2 rings (SSSR count). The third-order valence-corrected chi connectivity index (χ3v) is 7.77. The Hall–Kier alpha value is -1.60. The van der Waals surface area contributed by atoms with E-state index in [1.165, 1.54) is 10.4 Å². The number of allylic oxidation sites excluding steroid dienone is 1. The maximum Gasteiger partial charge on any atom is 0.137 e. The van der Waals surface area contributed by atoms with Gasteiger partial charge in [0, 0.05) is 0 Å². The molecule has 104 valence electrons. The zero-order valence-electron chi connectivity index (χ0n) is 12.7. The van der Waals surface area contributed by atoms with Crippen molar-refractivity contribution in [2.45, 2.75) is 26.8 Å². The van der Waals surface area contributed by atoms with Gasteiger partial charge < -0.3 is 0 Å². The molecular formula is C19H24Si. The van der Waals surface area contributed by atoms with E-state index in [0.717, 1.165) is 12.3 Å². The van der Waals surface area contributed by atoms with Crippen LogP contribution in [0.3, 0.4) is 0 Å². The van der Waals surface area contributed by atoms with E-state index in [-0.39, 0.29) is 0 Å². The first-order valence-electron chi connectivity index (χ1n) is 7.41. The summed E-state index contributed by atoms with van der Waals surface area (Å²) >= 11 is 0. The van der Waals surface area contributed by atoms with Crippen LogP contribution in [-0.4, -0.2) is 8.07 Å². The van der Waals surface area contributed by atoms with Gasteiger partial charge in [-0.2, -0.15) is 0 Å². The van der Waals surface area contributed by atoms with Crippen LogP contribution in [0.2, 0.25) is 6.55 Å². The summed E-state index contributed by atoms with van der Waals surface area (Å²) in [5, 5.41) is 2.96. The molecule has 0 fully saturated rings. The summed E-state index contributed by atoms with van der Waals surface area (Å²) in [5.41, 5.74) is 2.50. The van der Waals surface area contributed by atoms with Crippen molar-refractivity contribution >= 4 is 18.4 Å². The van der Waals surface area contributed by atoms with Crippen LogP contribution in [0.25, 0.3) is 0 Å². The second kappa shape index (κ2) is 6.71. The lowest BCUT2D eigenvalue weighted by atomic mass is 10.1. The van der Waals surface area contributed by atoms with E-state index in [1.807, 2.05) is 0 Å². The summed E-state index contributed by atoms with van der Waals surface area (Å²) in [5.74, 6) is 0.719. The van der Waals surface area contributed by atoms with Crippen LogP contribution in [0.1, 0.15) is 20.3 Å². The third kappa shape index (κ3) is 3.49. The topological polar surface area (TPSA) is 0 Å². The highest BCUT2D eigenvalue weighted by Crippen LogP contribution is 2.10.